The number of anilines is 1. The lowest BCUT2D eigenvalue weighted by Crippen LogP contribution is -2.36. The van der Waals surface area contributed by atoms with Crippen molar-refractivity contribution in [2.24, 2.45) is 21.8 Å². The van der Waals surface area contributed by atoms with Gasteiger partial charge in [0.05, 0.1) is 6.04 Å². The molecule has 3 aliphatic rings. The zero-order chi connectivity index (χ0) is 24.5. The normalized spacial score (nSPS) is 30.8. The molecule has 2 saturated carbocycles. The highest BCUT2D eigenvalue weighted by Crippen LogP contribution is 2.63. The summed E-state index contributed by atoms with van der Waals surface area (Å²) in [5.41, 5.74) is 3.80. The lowest BCUT2D eigenvalue weighted by Gasteiger charge is -2.34. The third-order valence-electron chi connectivity index (χ3n) is 8.50. The number of alkyl halides is 3. The standard InChI is InChI=1S/C24H27F4N5O/c1-22(2)14-8-9-23(22,3)18(10-14)30-31-21(34)17-12-20-29-16(13-4-6-15(25)7-5-13)11-19(24(26,27)28)33(20)32-17/h4-7,12,14,16,19,29H,8-11H2,1-3H3,(H,31,34)/b30-18+/t14-,16+,19-,23+/m0/s1. The smallest absolute Gasteiger partial charge is 0.363 e. The number of hydrogen-bond donors (Lipinski definition) is 2. The number of carbonyl (C=O) groups is 1. The summed E-state index contributed by atoms with van der Waals surface area (Å²) >= 11 is 0. The Kier molecular flexibility index (Phi) is 5.07. The highest BCUT2D eigenvalue weighted by molar-refractivity contribution is 5.97. The van der Waals surface area contributed by atoms with Gasteiger partial charge in [0.2, 0.25) is 0 Å². The Morgan fingerprint density at radius 2 is 1.94 bits per heavy atom. The van der Waals surface area contributed by atoms with Gasteiger partial charge in [-0.2, -0.15) is 23.4 Å². The van der Waals surface area contributed by atoms with Crippen LogP contribution in [0, 0.1) is 22.6 Å². The molecule has 2 N–H and O–H groups in total. The third-order valence-corrected chi connectivity index (χ3v) is 8.50. The van der Waals surface area contributed by atoms with E-state index in [4.69, 9.17) is 0 Å². The maximum atomic E-state index is 13.9. The number of fused-ring (bicyclic) bond motifs is 3. The molecule has 6 nitrogen and oxygen atoms in total. The van der Waals surface area contributed by atoms with Crippen LogP contribution in [0.4, 0.5) is 23.4 Å². The van der Waals surface area contributed by atoms with E-state index in [0.717, 1.165) is 29.7 Å². The Labute approximate surface area is 194 Å². The van der Waals surface area contributed by atoms with Gasteiger partial charge in [0.15, 0.2) is 11.7 Å². The second kappa shape index (κ2) is 7.55. The zero-order valence-electron chi connectivity index (χ0n) is 19.2. The fourth-order valence-electron chi connectivity index (χ4n) is 5.87. The summed E-state index contributed by atoms with van der Waals surface area (Å²) in [6.45, 7) is 6.60. The summed E-state index contributed by atoms with van der Waals surface area (Å²) in [5, 5.41) is 11.4. The minimum atomic E-state index is -4.57. The number of aromatic nitrogens is 2. The van der Waals surface area contributed by atoms with Crippen LogP contribution in [-0.4, -0.2) is 27.6 Å². The average molecular weight is 478 g/mol. The second-order valence-electron chi connectivity index (χ2n) is 10.4. The first-order chi connectivity index (χ1) is 15.9. The van der Waals surface area contributed by atoms with Crippen LogP contribution in [0.1, 0.15) is 74.6 Å². The first-order valence-electron chi connectivity index (χ1n) is 11.5. The number of nitrogens with zero attached hydrogens (tertiary/aromatic N) is 3. The molecule has 0 radical (unpaired) electrons. The van der Waals surface area contributed by atoms with Gasteiger partial charge >= 0.3 is 6.18 Å². The maximum Gasteiger partial charge on any atom is 0.410 e. The number of hydrazone groups is 1. The van der Waals surface area contributed by atoms with E-state index in [9.17, 15) is 22.4 Å². The molecule has 2 aliphatic carbocycles. The van der Waals surface area contributed by atoms with Crippen molar-refractivity contribution < 1.29 is 22.4 Å². The molecular weight excluding hydrogens is 450 g/mol. The summed E-state index contributed by atoms with van der Waals surface area (Å²) in [5.74, 6) is -0.535. The van der Waals surface area contributed by atoms with Gasteiger partial charge in [-0.3, -0.25) is 4.79 Å². The van der Waals surface area contributed by atoms with E-state index in [1.165, 1.54) is 30.3 Å². The van der Waals surface area contributed by atoms with E-state index in [-0.39, 0.29) is 28.8 Å². The molecule has 2 bridgehead atoms. The number of rotatable bonds is 3. The quantitative estimate of drug-likeness (QED) is 0.446. The molecule has 0 spiro atoms. The van der Waals surface area contributed by atoms with Crippen LogP contribution < -0.4 is 10.7 Å². The van der Waals surface area contributed by atoms with Crippen LogP contribution >= 0.6 is 0 Å². The van der Waals surface area contributed by atoms with Gasteiger partial charge in [-0.15, -0.1) is 0 Å². The lowest BCUT2D eigenvalue weighted by molar-refractivity contribution is -0.173. The molecule has 4 atom stereocenters. The minimum Gasteiger partial charge on any atom is -0.363 e. The Morgan fingerprint density at radius 3 is 2.53 bits per heavy atom. The van der Waals surface area contributed by atoms with Gasteiger partial charge in [0.25, 0.3) is 5.91 Å². The molecule has 2 heterocycles. The largest absolute Gasteiger partial charge is 0.410 e. The SMILES string of the molecule is CC1(C)[C@H]2CC[C@]1(C)/C(=N/NC(=O)c1cc3n(n1)[C@H](C(F)(F)F)C[C@H](c1ccc(F)cc1)N3)C2. The van der Waals surface area contributed by atoms with E-state index < -0.39 is 30.0 Å². The number of amides is 1. The monoisotopic (exact) mass is 477 g/mol. The number of nitrogens with one attached hydrogen (secondary N) is 2. The molecular formula is C24H27F4N5O. The van der Waals surface area contributed by atoms with Crippen LogP contribution in [0.2, 0.25) is 0 Å². The van der Waals surface area contributed by atoms with Crippen molar-refractivity contribution in [1.82, 2.24) is 15.2 Å². The van der Waals surface area contributed by atoms with Crippen LogP contribution in [0.15, 0.2) is 35.4 Å². The summed E-state index contributed by atoms with van der Waals surface area (Å²) in [7, 11) is 0. The Bertz CT molecular complexity index is 1150. The van der Waals surface area contributed by atoms with Gasteiger partial charge in [-0.05, 0) is 48.3 Å². The van der Waals surface area contributed by atoms with Crippen molar-refractivity contribution in [1.29, 1.82) is 0 Å². The highest BCUT2D eigenvalue weighted by Gasteiger charge is 2.60. The summed E-state index contributed by atoms with van der Waals surface area (Å²) in [6.07, 6.45) is -1.97. The molecule has 1 aromatic heterocycles. The van der Waals surface area contributed by atoms with Crippen molar-refractivity contribution in [2.45, 2.75) is 64.7 Å². The Morgan fingerprint density at radius 1 is 1.24 bits per heavy atom. The van der Waals surface area contributed by atoms with Crippen molar-refractivity contribution in [2.75, 3.05) is 5.32 Å². The highest BCUT2D eigenvalue weighted by atomic mass is 19.4. The van der Waals surface area contributed by atoms with Crippen LogP contribution in [0.25, 0.3) is 0 Å². The van der Waals surface area contributed by atoms with Crippen molar-refractivity contribution in [3.63, 3.8) is 0 Å². The molecule has 5 rings (SSSR count). The topological polar surface area (TPSA) is 71.3 Å². The zero-order valence-corrected chi connectivity index (χ0v) is 19.2. The van der Waals surface area contributed by atoms with Gasteiger partial charge in [-0.1, -0.05) is 32.9 Å². The Balaban J connectivity index is 1.39. The van der Waals surface area contributed by atoms with Crippen molar-refractivity contribution in [3.8, 4) is 0 Å². The van der Waals surface area contributed by atoms with Gasteiger partial charge in [0.1, 0.15) is 11.6 Å². The lowest BCUT2D eigenvalue weighted by atomic mass is 9.70. The first kappa shape index (κ1) is 22.9. The van der Waals surface area contributed by atoms with E-state index in [2.05, 4.69) is 41.7 Å². The molecule has 0 saturated heterocycles. The average Bonchev–Trinajstić information content (AvgIpc) is 3.35. The molecule has 10 heteroatoms. The first-order valence-corrected chi connectivity index (χ1v) is 11.5. The molecule has 182 valence electrons. The number of hydrogen-bond acceptors (Lipinski definition) is 4. The van der Waals surface area contributed by atoms with Gasteiger partial charge in [-0.25, -0.2) is 14.5 Å². The fourth-order valence-corrected chi connectivity index (χ4v) is 5.87. The van der Waals surface area contributed by atoms with Gasteiger partial charge < -0.3 is 5.32 Å². The molecule has 0 unspecified atom stereocenters. The van der Waals surface area contributed by atoms with Crippen LogP contribution in [0.3, 0.4) is 0 Å². The molecule has 34 heavy (non-hydrogen) atoms. The Hall–Kier alpha value is -2.91. The molecule has 2 aromatic rings. The molecule has 1 aromatic carbocycles. The van der Waals surface area contributed by atoms with Gasteiger partial charge in [0, 0.05) is 23.6 Å². The van der Waals surface area contributed by atoms with E-state index >= 15 is 0 Å². The number of carbonyl (C=O) groups excluding carboxylic acids is 1. The predicted octanol–water partition coefficient (Wildman–Crippen LogP) is 5.61. The maximum absolute atomic E-state index is 13.9. The van der Waals surface area contributed by atoms with Crippen molar-refractivity contribution in [3.05, 3.63) is 47.4 Å². The minimum absolute atomic E-state index is 0.0775. The third kappa shape index (κ3) is 3.49. The van der Waals surface area contributed by atoms with E-state index in [1.54, 1.807) is 0 Å². The second-order valence-corrected chi connectivity index (χ2v) is 10.4. The molecule has 2 fully saturated rings. The molecule has 1 amide bonds. The predicted molar refractivity (Wildman–Crippen MR) is 119 cm³/mol. The molecule has 1 aliphatic heterocycles. The summed E-state index contributed by atoms with van der Waals surface area (Å²) in [4.78, 5) is 12.8. The number of halogens is 4. The van der Waals surface area contributed by atoms with E-state index in [1.807, 2.05) is 0 Å². The van der Waals surface area contributed by atoms with Crippen LogP contribution in [-0.2, 0) is 0 Å². The fraction of sp³-hybridized carbons (Fsp3) is 0.542. The van der Waals surface area contributed by atoms with Crippen LogP contribution in [0.5, 0.6) is 0 Å². The summed E-state index contributed by atoms with van der Waals surface area (Å²) in [6, 6.07) is 4.00. The summed E-state index contributed by atoms with van der Waals surface area (Å²) < 4.78 is 55.7. The van der Waals surface area contributed by atoms with Crippen molar-refractivity contribution >= 4 is 17.4 Å². The van der Waals surface area contributed by atoms with E-state index in [0.29, 0.717) is 11.5 Å². The number of benzene rings is 1.